The number of rotatable bonds is 5. The lowest BCUT2D eigenvalue weighted by Gasteiger charge is -2.30. The fraction of sp³-hybridized carbons (Fsp3) is 0.304. The lowest BCUT2D eigenvalue weighted by molar-refractivity contribution is 0.0597. The second-order valence-corrected chi connectivity index (χ2v) is 6.72. The molecule has 0 bridgehead atoms. The Morgan fingerprint density at radius 2 is 1.93 bits per heavy atom. The molecule has 0 radical (unpaired) electrons. The van der Waals surface area contributed by atoms with Crippen LogP contribution in [0.15, 0.2) is 59.6 Å². The first-order chi connectivity index (χ1) is 14.2. The van der Waals surface area contributed by atoms with Crippen molar-refractivity contribution >= 4 is 41.5 Å². The van der Waals surface area contributed by atoms with Crippen LogP contribution in [0.4, 0.5) is 0 Å². The monoisotopic (exact) mass is 521 g/mol. The number of benzene rings is 2. The summed E-state index contributed by atoms with van der Waals surface area (Å²) in [5, 5.41) is 3.39. The largest absolute Gasteiger partial charge is 0.496 e. The van der Waals surface area contributed by atoms with Gasteiger partial charge in [0, 0.05) is 26.7 Å². The highest BCUT2D eigenvalue weighted by Gasteiger charge is 2.17. The Hall–Kier alpha value is -2.55. The topological polar surface area (TPSA) is 63.2 Å². The molecule has 3 rings (SSSR count). The van der Waals surface area contributed by atoms with Gasteiger partial charge in [-0.3, -0.25) is 4.99 Å². The van der Waals surface area contributed by atoms with Crippen LogP contribution in [-0.4, -0.2) is 51.2 Å². The minimum atomic E-state index is -0.414. The van der Waals surface area contributed by atoms with Crippen molar-refractivity contribution in [2.75, 3.05) is 34.4 Å². The SMILES string of the molecule is CN=C(NCc1ccc(OC)c(C(=O)OC)c1)N1CC=C(c2ccccc2)CC1.I. The molecule has 1 aliphatic rings. The van der Waals surface area contributed by atoms with Gasteiger partial charge in [-0.05, 0) is 35.3 Å². The van der Waals surface area contributed by atoms with Crippen molar-refractivity contribution in [3.63, 3.8) is 0 Å². The molecular weight excluding hydrogens is 493 g/mol. The summed E-state index contributed by atoms with van der Waals surface area (Å²) in [4.78, 5) is 18.6. The summed E-state index contributed by atoms with van der Waals surface area (Å²) >= 11 is 0. The molecule has 1 aliphatic heterocycles. The molecule has 0 aromatic heterocycles. The van der Waals surface area contributed by atoms with E-state index in [1.807, 2.05) is 12.1 Å². The molecule has 0 amide bonds. The number of carbonyl (C=O) groups excluding carboxylic acids is 1. The predicted molar refractivity (Wildman–Crippen MR) is 131 cm³/mol. The van der Waals surface area contributed by atoms with Crippen molar-refractivity contribution < 1.29 is 14.3 Å². The minimum absolute atomic E-state index is 0. The van der Waals surface area contributed by atoms with E-state index in [1.54, 1.807) is 19.2 Å². The highest BCUT2D eigenvalue weighted by Crippen LogP contribution is 2.23. The van der Waals surface area contributed by atoms with E-state index in [0.717, 1.165) is 31.0 Å². The zero-order valence-corrected chi connectivity index (χ0v) is 19.9. The van der Waals surface area contributed by atoms with Crippen molar-refractivity contribution in [2.45, 2.75) is 13.0 Å². The Morgan fingerprint density at radius 1 is 1.17 bits per heavy atom. The van der Waals surface area contributed by atoms with E-state index in [1.165, 1.54) is 25.4 Å². The van der Waals surface area contributed by atoms with Gasteiger partial charge in [-0.15, -0.1) is 24.0 Å². The quantitative estimate of drug-likeness (QED) is 0.280. The summed E-state index contributed by atoms with van der Waals surface area (Å²) in [6, 6.07) is 16.0. The van der Waals surface area contributed by atoms with E-state index in [2.05, 4.69) is 45.6 Å². The molecule has 0 spiro atoms. The number of methoxy groups -OCH3 is 2. The van der Waals surface area contributed by atoms with Crippen LogP contribution < -0.4 is 10.1 Å². The molecule has 2 aromatic carbocycles. The van der Waals surface area contributed by atoms with Gasteiger partial charge in [-0.25, -0.2) is 4.79 Å². The fourth-order valence-electron chi connectivity index (χ4n) is 3.42. The number of carbonyl (C=O) groups is 1. The van der Waals surface area contributed by atoms with Gasteiger partial charge in [0.25, 0.3) is 0 Å². The smallest absolute Gasteiger partial charge is 0.341 e. The molecule has 2 aromatic rings. The summed E-state index contributed by atoms with van der Waals surface area (Å²) in [7, 11) is 4.68. The van der Waals surface area contributed by atoms with E-state index in [4.69, 9.17) is 9.47 Å². The molecule has 0 unspecified atom stereocenters. The average Bonchev–Trinajstić information content (AvgIpc) is 2.79. The summed E-state index contributed by atoms with van der Waals surface area (Å²) in [5.41, 5.74) is 4.02. The highest BCUT2D eigenvalue weighted by atomic mass is 127. The Balaban J connectivity index is 0.00000320. The Bertz CT molecular complexity index is 913. The number of ether oxygens (including phenoxy) is 2. The normalized spacial score (nSPS) is 13.8. The van der Waals surface area contributed by atoms with Crippen LogP contribution >= 0.6 is 24.0 Å². The number of hydrogen-bond acceptors (Lipinski definition) is 4. The van der Waals surface area contributed by atoms with Crippen LogP contribution in [0, 0.1) is 0 Å². The number of hydrogen-bond donors (Lipinski definition) is 1. The zero-order chi connectivity index (χ0) is 20.6. The van der Waals surface area contributed by atoms with E-state index in [-0.39, 0.29) is 24.0 Å². The maximum Gasteiger partial charge on any atom is 0.341 e. The van der Waals surface area contributed by atoms with E-state index in [0.29, 0.717) is 17.9 Å². The molecular formula is C23H28IN3O3. The third-order valence-corrected chi connectivity index (χ3v) is 4.98. The number of nitrogens with one attached hydrogen (secondary N) is 1. The number of guanidine groups is 1. The van der Waals surface area contributed by atoms with Gasteiger partial charge >= 0.3 is 5.97 Å². The predicted octanol–water partition coefficient (Wildman–Crippen LogP) is 3.96. The molecule has 0 saturated carbocycles. The van der Waals surface area contributed by atoms with Crippen LogP contribution in [0.2, 0.25) is 0 Å². The van der Waals surface area contributed by atoms with Gasteiger partial charge in [0.1, 0.15) is 11.3 Å². The Kier molecular flexibility index (Phi) is 9.16. The van der Waals surface area contributed by atoms with E-state index >= 15 is 0 Å². The summed E-state index contributed by atoms with van der Waals surface area (Å²) < 4.78 is 10.1. The van der Waals surface area contributed by atoms with Crippen LogP contribution in [-0.2, 0) is 11.3 Å². The first-order valence-corrected chi connectivity index (χ1v) is 9.61. The van der Waals surface area contributed by atoms with Gasteiger partial charge in [0.2, 0.25) is 0 Å². The number of nitrogens with zero attached hydrogens (tertiary/aromatic N) is 2. The Labute approximate surface area is 195 Å². The standard InChI is InChI=1S/C23H27N3O3.HI/c1-24-23(26-13-11-19(12-14-26)18-7-5-4-6-8-18)25-16-17-9-10-21(28-2)20(15-17)22(27)29-3;/h4-11,15H,12-14,16H2,1-3H3,(H,24,25);1H. The number of esters is 1. The van der Waals surface area contributed by atoms with Crippen molar-refractivity contribution in [3.05, 3.63) is 71.3 Å². The lowest BCUT2D eigenvalue weighted by Crippen LogP contribution is -2.43. The van der Waals surface area contributed by atoms with Crippen LogP contribution in [0.25, 0.3) is 5.57 Å². The molecule has 0 saturated heterocycles. The number of aliphatic imine (C=N–C) groups is 1. The minimum Gasteiger partial charge on any atom is -0.496 e. The lowest BCUT2D eigenvalue weighted by atomic mass is 10.00. The third kappa shape index (κ3) is 5.75. The van der Waals surface area contributed by atoms with Crippen molar-refractivity contribution in [1.29, 1.82) is 0 Å². The van der Waals surface area contributed by atoms with E-state index < -0.39 is 5.97 Å². The maximum absolute atomic E-state index is 12.0. The van der Waals surface area contributed by atoms with Crippen LogP contribution in [0.3, 0.4) is 0 Å². The second kappa shape index (κ2) is 11.6. The summed E-state index contributed by atoms with van der Waals surface area (Å²) in [6.45, 7) is 2.25. The molecule has 160 valence electrons. The Morgan fingerprint density at radius 3 is 2.53 bits per heavy atom. The van der Waals surface area contributed by atoms with Gasteiger partial charge in [-0.1, -0.05) is 42.5 Å². The highest BCUT2D eigenvalue weighted by molar-refractivity contribution is 14.0. The second-order valence-electron chi connectivity index (χ2n) is 6.72. The molecule has 0 fully saturated rings. The molecule has 7 heteroatoms. The third-order valence-electron chi connectivity index (χ3n) is 4.98. The molecule has 1 heterocycles. The van der Waals surface area contributed by atoms with Crippen LogP contribution in [0.5, 0.6) is 5.75 Å². The van der Waals surface area contributed by atoms with Gasteiger partial charge in [-0.2, -0.15) is 0 Å². The average molecular weight is 521 g/mol. The van der Waals surface area contributed by atoms with Crippen molar-refractivity contribution in [3.8, 4) is 5.75 Å². The maximum atomic E-state index is 12.0. The van der Waals surface area contributed by atoms with Gasteiger partial charge < -0.3 is 19.7 Å². The molecule has 0 atom stereocenters. The molecule has 6 nitrogen and oxygen atoms in total. The molecule has 1 N–H and O–H groups in total. The van der Waals surface area contributed by atoms with Crippen LogP contribution in [0.1, 0.15) is 27.9 Å². The molecule has 30 heavy (non-hydrogen) atoms. The summed E-state index contributed by atoms with van der Waals surface area (Å²) in [5.74, 6) is 0.922. The van der Waals surface area contributed by atoms with E-state index in [9.17, 15) is 4.79 Å². The fourth-order valence-corrected chi connectivity index (χ4v) is 3.42. The summed E-state index contributed by atoms with van der Waals surface area (Å²) in [6.07, 6.45) is 3.23. The molecule has 0 aliphatic carbocycles. The zero-order valence-electron chi connectivity index (χ0n) is 17.6. The number of halogens is 1. The first-order valence-electron chi connectivity index (χ1n) is 9.61. The van der Waals surface area contributed by atoms with Gasteiger partial charge in [0.15, 0.2) is 5.96 Å². The first kappa shape index (κ1) is 23.7. The van der Waals surface area contributed by atoms with Crippen molar-refractivity contribution in [1.82, 2.24) is 10.2 Å². The van der Waals surface area contributed by atoms with Crippen molar-refractivity contribution in [2.24, 2.45) is 4.99 Å². The van der Waals surface area contributed by atoms with Gasteiger partial charge in [0.05, 0.1) is 14.2 Å².